The van der Waals surface area contributed by atoms with Gasteiger partial charge in [0.2, 0.25) is 0 Å². The summed E-state index contributed by atoms with van der Waals surface area (Å²) >= 11 is 5.81. The molecule has 0 unspecified atom stereocenters. The van der Waals surface area contributed by atoms with E-state index in [2.05, 4.69) is 0 Å². The Labute approximate surface area is 105 Å². The fraction of sp³-hybridized carbons (Fsp3) is 0.300. The van der Waals surface area contributed by atoms with Gasteiger partial charge in [-0.25, -0.2) is 4.39 Å². The van der Waals surface area contributed by atoms with Crippen molar-refractivity contribution in [3.8, 4) is 0 Å². The van der Waals surface area contributed by atoms with Crippen molar-refractivity contribution < 1.29 is 9.13 Å². The van der Waals surface area contributed by atoms with E-state index in [4.69, 9.17) is 27.5 Å². The van der Waals surface area contributed by atoms with Gasteiger partial charge in [0, 0.05) is 17.0 Å². The second-order valence-electron chi connectivity index (χ2n) is 3.03. The van der Waals surface area contributed by atoms with E-state index in [-0.39, 0.29) is 30.7 Å². The lowest BCUT2D eigenvalue weighted by molar-refractivity contribution is 0.173. The van der Waals surface area contributed by atoms with Gasteiger partial charge >= 0.3 is 0 Å². The first-order valence-corrected chi connectivity index (χ1v) is 4.82. The Balaban J connectivity index is 0.00000225. The molecule has 1 rings (SSSR count). The van der Waals surface area contributed by atoms with Crippen molar-refractivity contribution in [1.29, 1.82) is 5.41 Å². The molecule has 0 spiro atoms. The molecule has 1 aromatic rings. The van der Waals surface area contributed by atoms with Crippen LogP contribution in [-0.4, -0.2) is 19.0 Å². The molecular weight excluding hydrogens is 254 g/mol. The minimum Gasteiger partial charge on any atom is -0.386 e. The lowest BCUT2D eigenvalue weighted by Crippen LogP contribution is -2.18. The highest BCUT2D eigenvalue weighted by Gasteiger charge is 2.06. The van der Waals surface area contributed by atoms with Crippen LogP contribution in [-0.2, 0) is 11.2 Å². The maximum Gasteiger partial charge on any atom is 0.127 e. The average Bonchev–Trinajstić information content (AvgIpc) is 2.15. The maximum absolute atomic E-state index is 13.2. The molecule has 6 heteroatoms. The molecule has 0 saturated carbocycles. The van der Waals surface area contributed by atoms with E-state index in [0.717, 1.165) is 0 Å². The van der Waals surface area contributed by atoms with Crippen LogP contribution in [0.25, 0.3) is 0 Å². The van der Waals surface area contributed by atoms with E-state index < -0.39 is 0 Å². The molecular formula is C10H13Cl2FN2O. The zero-order valence-electron chi connectivity index (χ0n) is 8.50. The predicted molar refractivity (Wildman–Crippen MR) is 65.1 cm³/mol. The second kappa shape index (κ2) is 7.44. The summed E-state index contributed by atoms with van der Waals surface area (Å²) in [5.74, 6) is -0.386. The molecule has 0 saturated heterocycles. The highest BCUT2D eigenvalue weighted by atomic mass is 35.5. The van der Waals surface area contributed by atoms with Crippen molar-refractivity contribution in [2.45, 2.75) is 6.42 Å². The fourth-order valence-electron chi connectivity index (χ4n) is 1.13. The summed E-state index contributed by atoms with van der Waals surface area (Å²) in [7, 11) is 0. The third-order valence-electron chi connectivity index (χ3n) is 1.82. The number of nitrogens with one attached hydrogen (secondary N) is 1. The lowest BCUT2D eigenvalue weighted by atomic mass is 10.1. The van der Waals surface area contributed by atoms with Gasteiger partial charge in [0.25, 0.3) is 0 Å². The molecule has 0 aromatic heterocycles. The van der Waals surface area contributed by atoms with Gasteiger partial charge in [-0.2, -0.15) is 0 Å². The molecule has 0 aliphatic heterocycles. The third-order valence-corrected chi connectivity index (χ3v) is 2.17. The number of benzene rings is 1. The molecule has 0 aliphatic rings. The first-order valence-electron chi connectivity index (χ1n) is 4.45. The highest BCUT2D eigenvalue weighted by Crippen LogP contribution is 2.19. The summed E-state index contributed by atoms with van der Waals surface area (Å²) in [6.07, 6.45) is 0.374. The molecule has 1 aromatic carbocycles. The van der Waals surface area contributed by atoms with Crippen LogP contribution in [0.2, 0.25) is 5.02 Å². The molecule has 0 atom stereocenters. The molecule has 0 aliphatic carbocycles. The molecule has 0 radical (unpaired) electrons. The zero-order valence-corrected chi connectivity index (χ0v) is 10.1. The standard InChI is InChI=1S/C10H12ClFN2O.ClH/c11-8-2-1-3-9(12)7(8)4-5-15-6-10(13)14;/h1-3H,4-6H2,(H3,13,14);1H. The Morgan fingerprint density at radius 2 is 2.19 bits per heavy atom. The summed E-state index contributed by atoms with van der Waals surface area (Å²) in [4.78, 5) is 0. The van der Waals surface area contributed by atoms with Gasteiger partial charge < -0.3 is 10.5 Å². The normalized spacial score (nSPS) is 9.62. The smallest absolute Gasteiger partial charge is 0.127 e. The fourth-order valence-corrected chi connectivity index (χ4v) is 1.39. The van der Waals surface area contributed by atoms with Crippen molar-refractivity contribution in [1.82, 2.24) is 0 Å². The van der Waals surface area contributed by atoms with Crippen molar-refractivity contribution in [3.63, 3.8) is 0 Å². The first kappa shape index (κ1) is 15.2. The summed E-state index contributed by atoms with van der Waals surface area (Å²) in [6, 6.07) is 4.54. The van der Waals surface area contributed by atoms with Crippen LogP contribution < -0.4 is 5.73 Å². The molecule has 0 heterocycles. The van der Waals surface area contributed by atoms with Gasteiger partial charge in [-0.1, -0.05) is 17.7 Å². The van der Waals surface area contributed by atoms with Crippen LogP contribution in [0, 0.1) is 11.2 Å². The van der Waals surface area contributed by atoms with Crippen LogP contribution >= 0.6 is 24.0 Å². The van der Waals surface area contributed by atoms with Crippen molar-refractivity contribution in [2.24, 2.45) is 5.73 Å². The van der Waals surface area contributed by atoms with E-state index >= 15 is 0 Å². The third kappa shape index (κ3) is 4.79. The number of halogens is 3. The zero-order chi connectivity index (χ0) is 11.3. The first-order chi connectivity index (χ1) is 7.11. The van der Waals surface area contributed by atoms with Crippen LogP contribution in [0.5, 0.6) is 0 Å². The van der Waals surface area contributed by atoms with E-state index in [1.807, 2.05) is 0 Å². The predicted octanol–water partition coefficient (Wildman–Crippen LogP) is 2.40. The molecule has 90 valence electrons. The van der Waals surface area contributed by atoms with Gasteiger partial charge in [-0.15, -0.1) is 12.4 Å². The quantitative estimate of drug-likeness (QED) is 0.489. The molecule has 0 fully saturated rings. The second-order valence-corrected chi connectivity index (χ2v) is 3.44. The Morgan fingerprint density at radius 1 is 1.50 bits per heavy atom. The molecule has 0 bridgehead atoms. The number of nitrogens with two attached hydrogens (primary N) is 1. The van der Waals surface area contributed by atoms with Gasteiger partial charge in [0.05, 0.1) is 6.61 Å². The topological polar surface area (TPSA) is 59.1 Å². The Kier molecular flexibility index (Phi) is 7.05. The molecule has 3 N–H and O–H groups in total. The molecule has 3 nitrogen and oxygen atoms in total. The SMILES string of the molecule is Cl.N=C(N)COCCc1c(F)cccc1Cl. The summed E-state index contributed by atoms with van der Waals surface area (Å²) < 4.78 is 18.3. The molecule has 0 amide bonds. The summed E-state index contributed by atoms with van der Waals surface area (Å²) in [5, 5.41) is 7.30. The minimum atomic E-state index is -0.339. The van der Waals surface area contributed by atoms with Gasteiger partial charge in [-0.05, 0) is 12.1 Å². The van der Waals surface area contributed by atoms with E-state index in [9.17, 15) is 4.39 Å². The minimum absolute atomic E-state index is 0. The van der Waals surface area contributed by atoms with Gasteiger partial charge in [-0.3, -0.25) is 5.41 Å². The monoisotopic (exact) mass is 266 g/mol. The van der Waals surface area contributed by atoms with Crippen molar-refractivity contribution >= 4 is 29.8 Å². The summed E-state index contributed by atoms with van der Waals surface area (Å²) in [5.41, 5.74) is 5.52. The van der Waals surface area contributed by atoms with Gasteiger partial charge in [0.15, 0.2) is 0 Å². The number of rotatable bonds is 5. The van der Waals surface area contributed by atoms with Crippen molar-refractivity contribution in [2.75, 3.05) is 13.2 Å². The highest BCUT2D eigenvalue weighted by molar-refractivity contribution is 6.31. The van der Waals surface area contributed by atoms with Crippen molar-refractivity contribution in [3.05, 3.63) is 34.6 Å². The lowest BCUT2D eigenvalue weighted by Gasteiger charge is -2.06. The largest absolute Gasteiger partial charge is 0.386 e. The van der Waals surface area contributed by atoms with Gasteiger partial charge in [0.1, 0.15) is 18.3 Å². The van der Waals surface area contributed by atoms with Crippen LogP contribution in [0.4, 0.5) is 4.39 Å². The van der Waals surface area contributed by atoms with E-state index in [1.54, 1.807) is 12.1 Å². The number of hydrogen-bond acceptors (Lipinski definition) is 2. The Hall–Kier alpha value is -0.840. The van der Waals surface area contributed by atoms with Crippen LogP contribution in [0.15, 0.2) is 18.2 Å². The summed E-state index contributed by atoms with van der Waals surface area (Å²) in [6.45, 7) is 0.353. The number of amidine groups is 1. The average molecular weight is 267 g/mol. The Morgan fingerprint density at radius 3 is 2.75 bits per heavy atom. The maximum atomic E-state index is 13.2. The van der Waals surface area contributed by atoms with E-state index in [0.29, 0.717) is 23.6 Å². The van der Waals surface area contributed by atoms with E-state index in [1.165, 1.54) is 6.07 Å². The number of ether oxygens (including phenoxy) is 1. The molecule has 16 heavy (non-hydrogen) atoms. The van der Waals surface area contributed by atoms with Crippen LogP contribution in [0.1, 0.15) is 5.56 Å². The Bertz CT molecular complexity index is 340. The van der Waals surface area contributed by atoms with Crippen LogP contribution in [0.3, 0.4) is 0 Å². The number of hydrogen-bond donors (Lipinski definition) is 2.